The molecular formula is C17H24N2O3. The minimum absolute atomic E-state index is 0.239. The number of piperidine rings is 1. The zero-order valence-corrected chi connectivity index (χ0v) is 13.2. The summed E-state index contributed by atoms with van der Waals surface area (Å²) in [4.78, 5) is 16.2. The lowest BCUT2D eigenvalue weighted by Crippen LogP contribution is -2.48. The first kappa shape index (κ1) is 15.3. The molecule has 5 heteroatoms. The maximum absolute atomic E-state index is 12.0. The fourth-order valence-corrected chi connectivity index (χ4v) is 3.23. The number of anilines is 2. The highest BCUT2D eigenvalue weighted by Gasteiger charge is 2.24. The molecular weight excluding hydrogens is 280 g/mol. The Bertz CT molecular complexity index is 501. The molecule has 1 aromatic carbocycles. The van der Waals surface area contributed by atoms with Crippen LogP contribution in [0.25, 0.3) is 0 Å². The number of benzene rings is 1. The van der Waals surface area contributed by atoms with E-state index in [4.69, 9.17) is 9.47 Å². The van der Waals surface area contributed by atoms with E-state index in [-0.39, 0.29) is 11.9 Å². The number of hydrogen-bond donors (Lipinski definition) is 0. The maximum Gasteiger partial charge on any atom is 0.226 e. The fraction of sp³-hybridized carbons (Fsp3) is 0.588. The summed E-state index contributed by atoms with van der Waals surface area (Å²) in [6, 6.07) is 8.56. The van der Waals surface area contributed by atoms with E-state index in [2.05, 4.69) is 29.2 Å². The summed E-state index contributed by atoms with van der Waals surface area (Å²) in [5.41, 5.74) is 2.17. The van der Waals surface area contributed by atoms with Crippen molar-refractivity contribution in [3.8, 4) is 0 Å². The van der Waals surface area contributed by atoms with E-state index in [0.717, 1.165) is 38.2 Å². The number of carbonyl (C=O) groups is 1. The summed E-state index contributed by atoms with van der Waals surface area (Å²) < 4.78 is 10.8. The smallest absolute Gasteiger partial charge is 0.226 e. The van der Waals surface area contributed by atoms with Crippen molar-refractivity contribution in [2.75, 3.05) is 49.8 Å². The number of hydrogen-bond acceptors (Lipinski definition) is 4. The lowest BCUT2D eigenvalue weighted by Gasteiger charge is -2.37. The third-order valence-corrected chi connectivity index (χ3v) is 4.40. The van der Waals surface area contributed by atoms with Crippen molar-refractivity contribution in [2.24, 2.45) is 0 Å². The van der Waals surface area contributed by atoms with Gasteiger partial charge in [-0.1, -0.05) is 0 Å². The van der Waals surface area contributed by atoms with E-state index in [1.54, 1.807) is 7.11 Å². The van der Waals surface area contributed by atoms with Gasteiger partial charge in [-0.2, -0.15) is 0 Å². The van der Waals surface area contributed by atoms with Gasteiger partial charge in [0, 0.05) is 38.0 Å². The molecule has 1 amide bonds. The normalized spacial score (nSPS) is 23.0. The highest BCUT2D eigenvalue weighted by molar-refractivity contribution is 5.94. The second kappa shape index (κ2) is 7.11. The summed E-state index contributed by atoms with van der Waals surface area (Å²) in [7, 11) is 1.72. The maximum atomic E-state index is 12.0. The number of carbonyl (C=O) groups excluding carboxylic acids is 1. The van der Waals surface area contributed by atoms with E-state index in [1.807, 2.05) is 4.90 Å². The third-order valence-electron chi connectivity index (χ3n) is 4.40. The average molecular weight is 304 g/mol. The van der Waals surface area contributed by atoms with Crippen LogP contribution in [0.1, 0.15) is 19.3 Å². The largest absolute Gasteiger partial charge is 0.382 e. The van der Waals surface area contributed by atoms with Crippen molar-refractivity contribution >= 4 is 17.3 Å². The first-order valence-corrected chi connectivity index (χ1v) is 8.03. The number of nitrogens with zero attached hydrogens (tertiary/aromatic N) is 2. The summed E-state index contributed by atoms with van der Waals surface area (Å²) in [6.45, 7) is 3.80. The van der Waals surface area contributed by atoms with E-state index >= 15 is 0 Å². The molecule has 3 rings (SSSR count). The predicted octanol–water partition coefficient (Wildman–Crippen LogP) is 2.06. The van der Waals surface area contributed by atoms with Gasteiger partial charge in [-0.15, -0.1) is 0 Å². The van der Waals surface area contributed by atoms with Crippen LogP contribution in [-0.4, -0.2) is 52.0 Å². The minimum Gasteiger partial charge on any atom is -0.382 e. The van der Waals surface area contributed by atoms with Crippen LogP contribution in [0.4, 0.5) is 11.4 Å². The Morgan fingerprint density at radius 2 is 1.95 bits per heavy atom. The van der Waals surface area contributed by atoms with Gasteiger partial charge in [0.1, 0.15) is 0 Å². The molecule has 5 nitrogen and oxygen atoms in total. The highest BCUT2D eigenvalue weighted by atomic mass is 16.5. The Hall–Kier alpha value is -1.59. The molecule has 2 aliphatic heterocycles. The van der Waals surface area contributed by atoms with Crippen molar-refractivity contribution in [3.05, 3.63) is 24.3 Å². The average Bonchev–Trinajstić information content (AvgIpc) is 2.56. The summed E-state index contributed by atoms with van der Waals surface area (Å²) in [6.07, 6.45) is 2.77. The Labute approximate surface area is 131 Å². The van der Waals surface area contributed by atoms with Crippen molar-refractivity contribution in [1.29, 1.82) is 0 Å². The van der Waals surface area contributed by atoms with Gasteiger partial charge >= 0.3 is 0 Å². The minimum atomic E-state index is 0.239. The van der Waals surface area contributed by atoms with E-state index in [1.165, 1.54) is 5.69 Å². The van der Waals surface area contributed by atoms with Crippen LogP contribution in [0, 0.1) is 0 Å². The van der Waals surface area contributed by atoms with E-state index in [0.29, 0.717) is 19.6 Å². The van der Waals surface area contributed by atoms with Crippen LogP contribution in [0.3, 0.4) is 0 Å². The molecule has 0 spiro atoms. The molecule has 0 aromatic heterocycles. The van der Waals surface area contributed by atoms with E-state index in [9.17, 15) is 4.79 Å². The van der Waals surface area contributed by atoms with Crippen molar-refractivity contribution < 1.29 is 14.3 Å². The third kappa shape index (κ3) is 3.25. The molecule has 0 aliphatic carbocycles. The topological polar surface area (TPSA) is 42.0 Å². The molecule has 120 valence electrons. The van der Waals surface area contributed by atoms with Gasteiger partial charge in [-0.25, -0.2) is 0 Å². The number of rotatable bonds is 4. The van der Waals surface area contributed by atoms with Crippen LogP contribution in [-0.2, 0) is 14.3 Å². The molecule has 2 fully saturated rings. The molecule has 0 saturated carbocycles. The standard InChI is InChI=1S/C17H24N2O3/c1-21-12-16-13-22-11-10-18(16)14-5-7-15(8-6-14)19-9-3-2-4-17(19)20/h5-8,16H,2-4,9-13H2,1H3. The second-order valence-corrected chi connectivity index (χ2v) is 5.90. The molecule has 2 heterocycles. The van der Waals surface area contributed by atoms with Crippen LogP contribution in [0.5, 0.6) is 0 Å². The number of methoxy groups -OCH3 is 1. The van der Waals surface area contributed by atoms with Gasteiger partial charge in [0.2, 0.25) is 5.91 Å². The SMILES string of the molecule is COCC1COCCN1c1ccc(N2CCCCC2=O)cc1. The van der Waals surface area contributed by atoms with Crippen LogP contribution in [0.2, 0.25) is 0 Å². The molecule has 0 bridgehead atoms. The van der Waals surface area contributed by atoms with Crippen LogP contribution in [0.15, 0.2) is 24.3 Å². The predicted molar refractivity (Wildman–Crippen MR) is 86.5 cm³/mol. The van der Waals surface area contributed by atoms with Crippen molar-refractivity contribution in [1.82, 2.24) is 0 Å². The van der Waals surface area contributed by atoms with Crippen molar-refractivity contribution in [3.63, 3.8) is 0 Å². The first-order chi connectivity index (χ1) is 10.8. The Balaban J connectivity index is 1.73. The molecule has 0 N–H and O–H groups in total. The monoisotopic (exact) mass is 304 g/mol. The summed E-state index contributed by atoms with van der Waals surface area (Å²) in [5.74, 6) is 0.239. The van der Waals surface area contributed by atoms with Gasteiger partial charge in [-0.05, 0) is 37.1 Å². The zero-order chi connectivity index (χ0) is 15.4. The van der Waals surface area contributed by atoms with Gasteiger partial charge in [0.15, 0.2) is 0 Å². The number of ether oxygens (including phenoxy) is 2. The Morgan fingerprint density at radius 3 is 2.68 bits per heavy atom. The number of amides is 1. The lowest BCUT2D eigenvalue weighted by molar-refractivity contribution is -0.119. The summed E-state index contributed by atoms with van der Waals surface area (Å²) >= 11 is 0. The second-order valence-electron chi connectivity index (χ2n) is 5.90. The first-order valence-electron chi connectivity index (χ1n) is 8.03. The summed E-state index contributed by atoms with van der Waals surface area (Å²) in [5, 5.41) is 0. The molecule has 2 aliphatic rings. The molecule has 2 saturated heterocycles. The molecule has 0 radical (unpaired) electrons. The van der Waals surface area contributed by atoms with Crippen LogP contribution < -0.4 is 9.80 Å². The van der Waals surface area contributed by atoms with Gasteiger partial charge < -0.3 is 19.3 Å². The fourth-order valence-electron chi connectivity index (χ4n) is 3.23. The number of morpholine rings is 1. The van der Waals surface area contributed by atoms with E-state index < -0.39 is 0 Å². The molecule has 22 heavy (non-hydrogen) atoms. The highest BCUT2D eigenvalue weighted by Crippen LogP contribution is 2.26. The van der Waals surface area contributed by atoms with Gasteiger partial charge in [-0.3, -0.25) is 4.79 Å². The Kier molecular flexibility index (Phi) is 4.95. The zero-order valence-electron chi connectivity index (χ0n) is 13.2. The van der Waals surface area contributed by atoms with Crippen LogP contribution >= 0.6 is 0 Å². The van der Waals surface area contributed by atoms with Gasteiger partial charge in [0.05, 0.1) is 25.9 Å². The Morgan fingerprint density at radius 1 is 1.18 bits per heavy atom. The lowest BCUT2D eigenvalue weighted by atomic mass is 10.1. The van der Waals surface area contributed by atoms with Gasteiger partial charge in [0.25, 0.3) is 0 Å². The molecule has 1 aromatic rings. The quantitative estimate of drug-likeness (QED) is 0.854. The van der Waals surface area contributed by atoms with Crippen molar-refractivity contribution in [2.45, 2.75) is 25.3 Å². The molecule has 1 atom stereocenters. The molecule has 1 unspecified atom stereocenters.